The van der Waals surface area contributed by atoms with Crippen molar-refractivity contribution in [2.45, 2.75) is 0 Å². The first kappa shape index (κ1) is 18.0. The maximum atomic E-state index is 8.96. The number of methoxy groups -OCH3 is 1. The number of nitrogens with zero attached hydrogens (tertiary/aromatic N) is 3. The third kappa shape index (κ3) is 5.34. The van der Waals surface area contributed by atoms with Gasteiger partial charge in [0.15, 0.2) is 0 Å². The van der Waals surface area contributed by atoms with E-state index >= 15 is 0 Å². The van der Waals surface area contributed by atoms with Crippen molar-refractivity contribution in [1.29, 1.82) is 5.26 Å². The summed E-state index contributed by atoms with van der Waals surface area (Å²) in [5, 5.41) is 15.2. The molecule has 7 nitrogen and oxygen atoms in total. The Morgan fingerprint density at radius 2 is 1.89 bits per heavy atom. The van der Waals surface area contributed by atoms with Gasteiger partial charge in [-0.05, 0) is 48.5 Å². The molecule has 0 atom stereocenters. The molecule has 0 saturated carbocycles. The molecule has 0 spiro atoms. The van der Waals surface area contributed by atoms with E-state index in [-0.39, 0.29) is 0 Å². The van der Waals surface area contributed by atoms with Gasteiger partial charge in [-0.3, -0.25) is 0 Å². The lowest BCUT2D eigenvalue weighted by molar-refractivity contribution is 0.331. The molecule has 0 bridgehead atoms. The highest BCUT2D eigenvalue weighted by Crippen LogP contribution is 2.17. The fraction of sp³-hybridized carbons (Fsp3) is 0.150. The summed E-state index contributed by atoms with van der Waals surface area (Å²) in [5.41, 5.74) is 1.33. The molecule has 2 N–H and O–H groups in total. The van der Waals surface area contributed by atoms with Crippen LogP contribution in [0.3, 0.4) is 0 Å². The number of ether oxygens (including phenoxy) is 2. The fourth-order valence-corrected chi connectivity index (χ4v) is 2.33. The Hall–Kier alpha value is -3.79. The molecule has 27 heavy (non-hydrogen) atoms. The first-order chi connectivity index (χ1) is 13.3. The first-order valence-electron chi connectivity index (χ1n) is 8.38. The molecule has 0 amide bonds. The minimum absolute atomic E-state index is 0.450. The van der Waals surface area contributed by atoms with Gasteiger partial charge in [0.2, 0.25) is 5.95 Å². The van der Waals surface area contributed by atoms with E-state index in [2.05, 4.69) is 26.7 Å². The summed E-state index contributed by atoms with van der Waals surface area (Å²) in [4.78, 5) is 8.60. The van der Waals surface area contributed by atoms with Crippen LogP contribution in [-0.4, -0.2) is 30.2 Å². The van der Waals surface area contributed by atoms with Crippen molar-refractivity contribution in [3.63, 3.8) is 0 Å². The molecule has 2 aromatic carbocycles. The Morgan fingerprint density at radius 1 is 1.07 bits per heavy atom. The largest absolute Gasteiger partial charge is 0.497 e. The molecule has 3 rings (SSSR count). The standard InChI is InChI=1S/C20H19N5O2/c1-26-17-5-7-18(8-6-17)27-12-11-22-19-9-10-23-20(25-19)24-16-4-2-3-15(13-16)14-21/h2-10,13H,11-12H2,1H3,(H2,22,23,24,25). The second kappa shape index (κ2) is 9.06. The molecule has 3 aromatic rings. The van der Waals surface area contributed by atoms with E-state index in [1.54, 1.807) is 37.6 Å². The minimum atomic E-state index is 0.450. The van der Waals surface area contributed by atoms with Crippen LogP contribution in [-0.2, 0) is 0 Å². The topological polar surface area (TPSA) is 92.1 Å². The van der Waals surface area contributed by atoms with Crippen LogP contribution in [0.15, 0.2) is 60.8 Å². The van der Waals surface area contributed by atoms with E-state index in [4.69, 9.17) is 14.7 Å². The van der Waals surface area contributed by atoms with Crippen LogP contribution in [0.5, 0.6) is 11.5 Å². The molecular formula is C20H19N5O2. The summed E-state index contributed by atoms with van der Waals surface area (Å²) < 4.78 is 10.8. The van der Waals surface area contributed by atoms with Gasteiger partial charge in [-0.25, -0.2) is 4.98 Å². The van der Waals surface area contributed by atoms with Gasteiger partial charge in [-0.2, -0.15) is 10.2 Å². The molecule has 0 saturated heterocycles. The number of nitrogens with one attached hydrogen (secondary N) is 2. The van der Waals surface area contributed by atoms with Crippen molar-refractivity contribution in [2.24, 2.45) is 0 Å². The van der Waals surface area contributed by atoms with Gasteiger partial charge in [0.1, 0.15) is 23.9 Å². The lowest BCUT2D eigenvalue weighted by Crippen LogP contribution is -2.13. The highest BCUT2D eigenvalue weighted by Gasteiger charge is 2.02. The van der Waals surface area contributed by atoms with Crippen LogP contribution in [0.1, 0.15) is 5.56 Å². The maximum Gasteiger partial charge on any atom is 0.229 e. The predicted octanol–water partition coefficient (Wildman–Crippen LogP) is 3.59. The Morgan fingerprint density at radius 3 is 2.67 bits per heavy atom. The third-order valence-corrected chi connectivity index (χ3v) is 3.64. The van der Waals surface area contributed by atoms with Crippen molar-refractivity contribution < 1.29 is 9.47 Å². The summed E-state index contributed by atoms with van der Waals surface area (Å²) in [6.07, 6.45) is 1.66. The van der Waals surface area contributed by atoms with Crippen LogP contribution in [0, 0.1) is 11.3 Å². The van der Waals surface area contributed by atoms with Crippen LogP contribution in [0.4, 0.5) is 17.5 Å². The normalized spacial score (nSPS) is 9.93. The van der Waals surface area contributed by atoms with Gasteiger partial charge in [-0.15, -0.1) is 0 Å². The number of aromatic nitrogens is 2. The molecule has 0 aliphatic carbocycles. The van der Waals surface area contributed by atoms with E-state index in [1.807, 2.05) is 30.3 Å². The Labute approximate surface area is 157 Å². The van der Waals surface area contributed by atoms with E-state index in [0.29, 0.717) is 30.5 Å². The third-order valence-electron chi connectivity index (χ3n) is 3.64. The zero-order valence-corrected chi connectivity index (χ0v) is 14.8. The summed E-state index contributed by atoms with van der Waals surface area (Å²) in [6.45, 7) is 1.08. The second-order valence-corrected chi connectivity index (χ2v) is 5.53. The number of hydrogen-bond donors (Lipinski definition) is 2. The zero-order valence-electron chi connectivity index (χ0n) is 14.8. The van der Waals surface area contributed by atoms with E-state index in [1.165, 1.54) is 0 Å². The maximum absolute atomic E-state index is 8.96. The van der Waals surface area contributed by atoms with Crippen LogP contribution >= 0.6 is 0 Å². The summed E-state index contributed by atoms with van der Waals surface area (Å²) in [6, 6.07) is 18.5. The molecule has 7 heteroatoms. The molecule has 136 valence electrons. The van der Waals surface area contributed by atoms with E-state index < -0.39 is 0 Å². The number of anilines is 3. The first-order valence-corrected chi connectivity index (χ1v) is 8.38. The molecule has 0 aliphatic rings. The van der Waals surface area contributed by atoms with Crippen molar-refractivity contribution in [3.8, 4) is 17.6 Å². The number of nitriles is 1. The van der Waals surface area contributed by atoms with Crippen LogP contribution in [0.2, 0.25) is 0 Å². The molecule has 0 radical (unpaired) electrons. The molecule has 0 aliphatic heterocycles. The highest BCUT2D eigenvalue weighted by atomic mass is 16.5. The summed E-state index contributed by atoms with van der Waals surface area (Å²) >= 11 is 0. The SMILES string of the molecule is COc1ccc(OCCNc2ccnc(Nc3cccc(C#N)c3)n2)cc1. The summed E-state index contributed by atoms with van der Waals surface area (Å²) in [5.74, 6) is 2.70. The molecule has 0 unspecified atom stereocenters. The Balaban J connectivity index is 1.50. The molecule has 0 fully saturated rings. The van der Waals surface area contributed by atoms with Crippen molar-refractivity contribution in [2.75, 3.05) is 30.9 Å². The number of hydrogen-bond acceptors (Lipinski definition) is 7. The van der Waals surface area contributed by atoms with Gasteiger partial charge in [0.05, 0.1) is 25.3 Å². The van der Waals surface area contributed by atoms with Gasteiger partial charge in [0, 0.05) is 11.9 Å². The highest BCUT2D eigenvalue weighted by molar-refractivity contribution is 5.57. The zero-order chi connectivity index (χ0) is 18.9. The van der Waals surface area contributed by atoms with Crippen LogP contribution in [0.25, 0.3) is 0 Å². The molecule has 1 heterocycles. The van der Waals surface area contributed by atoms with Gasteiger partial charge >= 0.3 is 0 Å². The fourth-order valence-electron chi connectivity index (χ4n) is 2.33. The average Bonchev–Trinajstić information content (AvgIpc) is 2.72. The summed E-state index contributed by atoms with van der Waals surface area (Å²) in [7, 11) is 1.63. The van der Waals surface area contributed by atoms with Gasteiger partial charge in [-0.1, -0.05) is 6.07 Å². The monoisotopic (exact) mass is 361 g/mol. The molecule has 1 aromatic heterocycles. The van der Waals surface area contributed by atoms with Gasteiger partial charge < -0.3 is 20.1 Å². The average molecular weight is 361 g/mol. The number of rotatable bonds is 8. The Kier molecular flexibility index (Phi) is 6.04. The van der Waals surface area contributed by atoms with Crippen molar-refractivity contribution in [3.05, 3.63) is 66.4 Å². The van der Waals surface area contributed by atoms with Crippen LogP contribution < -0.4 is 20.1 Å². The lowest BCUT2D eigenvalue weighted by atomic mass is 10.2. The van der Waals surface area contributed by atoms with Gasteiger partial charge in [0.25, 0.3) is 0 Å². The number of benzene rings is 2. The van der Waals surface area contributed by atoms with E-state index in [0.717, 1.165) is 17.2 Å². The quantitative estimate of drug-likeness (QED) is 0.592. The lowest BCUT2D eigenvalue weighted by Gasteiger charge is -2.10. The smallest absolute Gasteiger partial charge is 0.229 e. The second-order valence-electron chi connectivity index (χ2n) is 5.53. The minimum Gasteiger partial charge on any atom is -0.497 e. The predicted molar refractivity (Wildman–Crippen MR) is 103 cm³/mol. The Bertz CT molecular complexity index is 922. The van der Waals surface area contributed by atoms with E-state index in [9.17, 15) is 0 Å². The van der Waals surface area contributed by atoms with Crippen molar-refractivity contribution >= 4 is 17.5 Å². The molecular weight excluding hydrogens is 342 g/mol. The van der Waals surface area contributed by atoms with Crippen molar-refractivity contribution in [1.82, 2.24) is 9.97 Å².